The third-order valence-electron chi connectivity index (χ3n) is 5.46. The summed E-state index contributed by atoms with van der Waals surface area (Å²) < 4.78 is 75.6. The van der Waals surface area contributed by atoms with Crippen LogP contribution in [0.15, 0.2) is 47.4 Å². The molecule has 2 nitrogen and oxygen atoms in total. The normalized spacial score (nSPS) is 18.6. The van der Waals surface area contributed by atoms with Gasteiger partial charge in [-0.2, -0.15) is 8.78 Å². The molecule has 2 aromatic carbocycles. The lowest BCUT2D eigenvalue weighted by atomic mass is 9.97. The van der Waals surface area contributed by atoms with Crippen LogP contribution in [-0.2, 0) is 9.84 Å². The zero-order chi connectivity index (χ0) is 19.4. The van der Waals surface area contributed by atoms with Gasteiger partial charge in [-0.25, -0.2) is 17.2 Å². The van der Waals surface area contributed by atoms with Crippen molar-refractivity contribution >= 4 is 21.0 Å². The third-order valence-corrected chi connectivity index (χ3v) is 6.86. The molecule has 2 aromatic rings. The van der Waals surface area contributed by atoms with Crippen LogP contribution in [-0.4, -0.2) is 14.2 Å². The summed E-state index contributed by atoms with van der Waals surface area (Å²) >= 11 is 0. The maximum atomic E-state index is 13.7. The van der Waals surface area contributed by atoms with Crippen molar-refractivity contribution in [3.05, 3.63) is 65.2 Å². The number of hydrogen-bond acceptors (Lipinski definition) is 2. The highest BCUT2D eigenvalue weighted by Gasteiger charge is 2.48. The molecular formula is C20H16F4O2S. The van der Waals surface area contributed by atoms with E-state index in [1.165, 1.54) is 36.4 Å². The highest BCUT2D eigenvalue weighted by molar-refractivity contribution is 7.91. The Morgan fingerprint density at radius 3 is 1.89 bits per heavy atom. The number of hydrogen-bond donors (Lipinski definition) is 0. The SMILES string of the molecule is O=S(=O)(c1ccc(C2=C(c3ccc(F)c(F)c3)CC3(CC3)C2)cc1)C(F)F. The molecule has 1 saturated carbocycles. The Labute approximate surface area is 154 Å². The molecule has 0 unspecified atom stereocenters. The van der Waals surface area contributed by atoms with Gasteiger partial charge in [-0.3, -0.25) is 0 Å². The molecule has 7 heteroatoms. The maximum Gasteiger partial charge on any atom is 0.341 e. The molecule has 27 heavy (non-hydrogen) atoms. The zero-order valence-electron chi connectivity index (χ0n) is 14.2. The van der Waals surface area contributed by atoms with Crippen molar-refractivity contribution in [2.75, 3.05) is 0 Å². The largest absolute Gasteiger partial charge is 0.341 e. The number of halogens is 4. The Morgan fingerprint density at radius 2 is 1.37 bits per heavy atom. The number of alkyl halides is 2. The van der Waals surface area contributed by atoms with Crippen LogP contribution in [0.25, 0.3) is 11.1 Å². The van der Waals surface area contributed by atoms with Gasteiger partial charge >= 0.3 is 5.76 Å². The fourth-order valence-corrected chi connectivity index (χ4v) is 4.46. The molecule has 0 amide bonds. The van der Waals surface area contributed by atoms with Gasteiger partial charge in [0.25, 0.3) is 0 Å². The van der Waals surface area contributed by atoms with Crippen molar-refractivity contribution in [2.24, 2.45) is 5.41 Å². The first-order chi connectivity index (χ1) is 12.7. The van der Waals surface area contributed by atoms with Crippen molar-refractivity contribution < 1.29 is 26.0 Å². The van der Waals surface area contributed by atoms with Gasteiger partial charge in [0.05, 0.1) is 4.90 Å². The molecule has 1 fully saturated rings. The minimum absolute atomic E-state index is 0.128. The Hall–Kier alpha value is -2.15. The smallest absolute Gasteiger partial charge is 0.218 e. The third kappa shape index (κ3) is 3.18. The predicted octanol–water partition coefficient (Wildman–Crippen LogP) is 5.45. The van der Waals surface area contributed by atoms with Gasteiger partial charge in [-0.05, 0) is 77.6 Å². The lowest BCUT2D eigenvalue weighted by Crippen LogP contribution is -2.11. The van der Waals surface area contributed by atoms with Gasteiger partial charge < -0.3 is 0 Å². The van der Waals surface area contributed by atoms with Crippen LogP contribution in [0.1, 0.15) is 36.8 Å². The van der Waals surface area contributed by atoms with Gasteiger partial charge in [0, 0.05) is 0 Å². The van der Waals surface area contributed by atoms with Crippen molar-refractivity contribution in [3.8, 4) is 0 Å². The fourth-order valence-electron chi connectivity index (χ4n) is 3.74. The summed E-state index contributed by atoms with van der Waals surface area (Å²) in [5.74, 6) is -5.31. The van der Waals surface area contributed by atoms with E-state index in [0.717, 1.165) is 42.9 Å². The summed E-state index contributed by atoms with van der Waals surface area (Å²) in [6.07, 6.45) is 3.58. The van der Waals surface area contributed by atoms with Crippen molar-refractivity contribution in [1.29, 1.82) is 0 Å². The van der Waals surface area contributed by atoms with E-state index in [4.69, 9.17) is 0 Å². The summed E-state index contributed by atoms with van der Waals surface area (Å²) in [4.78, 5) is -0.435. The van der Waals surface area contributed by atoms with Crippen LogP contribution in [0.3, 0.4) is 0 Å². The van der Waals surface area contributed by atoms with E-state index >= 15 is 0 Å². The second-order valence-electron chi connectivity index (χ2n) is 7.27. The molecule has 1 spiro atoms. The fraction of sp³-hybridized carbons (Fsp3) is 0.300. The molecule has 0 saturated heterocycles. The number of allylic oxidation sites excluding steroid dienone is 2. The lowest BCUT2D eigenvalue weighted by Gasteiger charge is -2.10. The molecule has 0 bridgehead atoms. The predicted molar refractivity (Wildman–Crippen MR) is 93.7 cm³/mol. The van der Waals surface area contributed by atoms with E-state index < -0.39 is 32.1 Å². The molecule has 2 aliphatic carbocycles. The highest BCUT2D eigenvalue weighted by atomic mass is 32.2. The summed E-state index contributed by atoms with van der Waals surface area (Å²) in [5, 5.41) is 0. The molecule has 0 atom stereocenters. The zero-order valence-corrected chi connectivity index (χ0v) is 15.0. The minimum Gasteiger partial charge on any atom is -0.218 e. The van der Waals surface area contributed by atoms with Gasteiger partial charge in [0.1, 0.15) is 0 Å². The van der Waals surface area contributed by atoms with Crippen molar-refractivity contribution in [2.45, 2.75) is 36.3 Å². The molecule has 0 aliphatic heterocycles. The van der Waals surface area contributed by atoms with Crippen LogP contribution in [0, 0.1) is 17.0 Å². The number of benzene rings is 2. The standard InChI is InChI=1S/C20H16F4O2S/c21-17-6-3-13(9-18(17)22)16-11-20(7-8-20)10-15(16)12-1-4-14(5-2-12)27(25,26)19(23)24/h1-6,9,19H,7-8,10-11H2. The molecule has 0 heterocycles. The number of rotatable bonds is 4. The first-order valence-electron chi connectivity index (χ1n) is 8.52. The van der Waals surface area contributed by atoms with E-state index in [0.29, 0.717) is 11.1 Å². The van der Waals surface area contributed by atoms with E-state index in [2.05, 4.69) is 0 Å². The maximum absolute atomic E-state index is 13.7. The Balaban J connectivity index is 1.76. The topological polar surface area (TPSA) is 34.1 Å². The van der Waals surface area contributed by atoms with Crippen LogP contribution in [0.4, 0.5) is 17.6 Å². The van der Waals surface area contributed by atoms with E-state index in [1.54, 1.807) is 0 Å². The summed E-state index contributed by atoms with van der Waals surface area (Å²) in [5.41, 5.74) is 3.27. The Kier molecular flexibility index (Phi) is 4.18. The highest BCUT2D eigenvalue weighted by Crippen LogP contribution is 2.63. The Morgan fingerprint density at radius 1 is 0.815 bits per heavy atom. The second-order valence-corrected chi connectivity index (χ2v) is 9.19. The van der Waals surface area contributed by atoms with Crippen LogP contribution in [0.2, 0.25) is 0 Å². The van der Waals surface area contributed by atoms with Crippen LogP contribution >= 0.6 is 0 Å². The van der Waals surface area contributed by atoms with Gasteiger partial charge in [0.2, 0.25) is 9.84 Å². The first kappa shape index (κ1) is 18.2. The second kappa shape index (κ2) is 6.19. The first-order valence-corrected chi connectivity index (χ1v) is 10.1. The molecule has 0 N–H and O–H groups in total. The molecule has 142 valence electrons. The van der Waals surface area contributed by atoms with Crippen LogP contribution in [0.5, 0.6) is 0 Å². The lowest BCUT2D eigenvalue weighted by molar-refractivity contribution is 0.234. The average Bonchev–Trinajstić information content (AvgIpc) is 3.28. The molecule has 4 rings (SSSR count). The Bertz CT molecular complexity index is 1040. The van der Waals surface area contributed by atoms with E-state index in [-0.39, 0.29) is 5.41 Å². The monoisotopic (exact) mass is 396 g/mol. The molecule has 2 aliphatic rings. The number of sulfone groups is 1. The molecule has 0 radical (unpaired) electrons. The summed E-state index contributed by atoms with van der Waals surface area (Å²) in [7, 11) is -4.64. The minimum atomic E-state index is -4.64. The molecule has 0 aromatic heterocycles. The summed E-state index contributed by atoms with van der Waals surface area (Å²) in [6.45, 7) is 0. The van der Waals surface area contributed by atoms with Crippen molar-refractivity contribution in [3.63, 3.8) is 0 Å². The average molecular weight is 396 g/mol. The van der Waals surface area contributed by atoms with E-state index in [1.807, 2.05) is 0 Å². The van der Waals surface area contributed by atoms with Gasteiger partial charge in [0.15, 0.2) is 11.6 Å². The van der Waals surface area contributed by atoms with E-state index in [9.17, 15) is 26.0 Å². The van der Waals surface area contributed by atoms with Crippen LogP contribution < -0.4 is 0 Å². The quantitative estimate of drug-likeness (QED) is 0.645. The van der Waals surface area contributed by atoms with Crippen molar-refractivity contribution in [1.82, 2.24) is 0 Å². The molecular weight excluding hydrogens is 380 g/mol. The van der Waals surface area contributed by atoms with Gasteiger partial charge in [-0.15, -0.1) is 0 Å². The van der Waals surface area contributed by atoms with Gasteiger partial charge in [-0.1, -0.05) is 18.2 Å². The summed E-state index contributed by atoms with van der Waals surface area (Å²) in [6, 6.07) is 9.14.